The number of H-pyrrole nitrogens is 2. The van der Waals surface area contributed by atoms with Gasteiger partial charge in [-0.25, -0.2) is 9.59 Å². The molecule has 4 rings (SSSR count). The van der Waals surface area contributed by atoms with Gasteiger partial charge in [0.05, 0.1) is 21.8 Å². The molecule has 0 saturated heterocycles. The molecule has 2 N–H and O–H groups in total. The van der Waals surface area contributed by atoms with Crippen LogP contribution in [0.4, 0.5) is 0 Å². The molecule has 36 heavy (non-hydrogen) atoms. The summed E-state index contributed by atoms with van der Waals surface area (Å²) in [5, 5.41) is 1.09. The highest BCUT2D eigenvalue weighted by atomic mass is 16.5. The summed E-state index contributed by atoms with van der Waals surface area (Å²) in [5.74, 6) is 0. The van der Waals surface area contributed by atoms with Crippen molar-refractivity contribution in [1.29, 1.82) is 0 Å². The van der Waals surface area contributed by atoms with Gasteiger partial charge in [0.2, 0.25) is 0 Å². The Balaban J connectivity index is 0.000000201. The fourth-order valence-electron chi connectivity index (χ4n) is 3.82. The molecule has 0 aliphatic carbocycles. The van der Waals surface area contributed by atoms with Crippen LogP contribution < -0.4 is 22.5 Å². The summed E-state index contributed by atoms with van der Waals surface area (Å²) >= 11 is 0. The average molecular weight is 496 g/mol. The maximum Gasteiger partial charge on any atom is 0.328 e. The van der Waals surface area contributed by atoms with E-state index in [1.807, 2.05) is 25.9 Å². The van der Waals surface area contributed by atoms with Gasteiger partial charge in [-0.3, -0.25) is 18.7 Å². The normalized spacial score (nSPS) is 11.1. The van der Waals surface area contributed by atoms with E-state index in [-0.39, 0.29) is 22.5 Å². The Labute approximate surface area is 207 Å². The Morgan fingerprint density at radius 1 is 0.750 bits per heavy atom. The Kier molecular flexibility index (Phi) is 9.54. The van der Waals surface area contributed by atoms with E-state index in [1.54, 1.807) is 48.5 Å². The van der Waals surface area contributed by atoms with Gasteiger partial charge in [-0.05, 0) is 64.7 Å². The summed E-state index contributed by atoms with van der Waals surface area (Å²) in [6, 6.07) is 14.1. The zero-order valence-corrected chi connectivity index (χ0v) is 21.0. The van der Waals surface area contributed by atoms with Crippen molar-refractivity contribution >= 4 is 21.8 Å². The maximum atomic E-state index is 12.2. The van der Waals surface area contributed by atoms with Crippen LogP contribution in [-0.4, -0.2) is 57.9 Å². The third-order valence-corrected chi connectivity index (χ3v) is 5.64. The lowest BCUT2D eigenvalue weighted by molar-refractivity contribution is 0.141. The third kappa shape index (κ3) is 6.67. The van der Waals surface area contributed by atoms with Gasteiger partial charge in [-0.1, -0.05) is 24.3 Å². The number of fused-ring (bicyclic) bond motifs is 2. The smallest absolute Gasteiger partial charge is 0.328 e. The summed E-state index contributed by atoms with van der Waals surface area (Å²) < 4.78 is 7.69. The van der Waals surface area contributed by atoms with E-state index in [1.165, 1.54) is 9.13 Å². The first-order valence-corrected chi connectivity index (χ1v) is 12.0. The van der Waals surface area contributed by atoms with Crippen LogP contribution >= 0.6 is 0 Å². The van der Waals surface area contributed by atoms with Crippen molar-refractivity contribution in [2.24, 2.45) is 0 Å². The first-order chi connectivity index (χ1) is 17.3. The molecule has 0 fully saturated rings. The molecule has 0 bridgehead atoms. The van der Waals surface area contributed by atoms with Crippen molar-refractivity contribution in [2.75, 3.05) is 33.9 Å². The molecule has 2 aromatic carbocycles. The number of hydrogen-bond donors (Lipinski definition) is 2. The van der Waals surface area contributed by atoms with Crippen molar-refractivity contribution in [3.05, 3.63) is 90.2 Å². The van der Waals surface area contributed by atoms with Crippen LogP contribution in [0.25, 0.3) is 21.8 Å². The molecule has 10 nitrogen and oxygen atoms in total. The Morgan fingerprint density at radius 3 is 1.69 bits per heavy atom. The Bertz CT molecular complexity index is 1530. The fourth-order valence-corrected chi connectivity index (χ4v) is 3.82. The number of nitrogens with zero attached hydrogens (tertiary/aromatic N) is 3. The predicted molar refractivity (Wildman–Crippen MR) is 142 cm³/mol. The second kappa shape index (κ2) is 12.8. The lowest BCUT2D eigenvalue weighted by Crippen LogP contribution is -2.35. The van der Waals surface area contributed by atoms with Gasteiger partial charge in [-0.2, -0.15) is 0 Å². The number of benzene rings is 2. The van der Waals surface area contributed by atoms with Crippen LogP contribution in [0.5, 0.6) is 0 Å². The van der Waals surface area contributed by atoms with Gasteiger partial charge in [0.25, 0.3) is 11.1 Å². The molecule has 0 atom stereocenters. The molecule has 0 spiro atoms. The summed E-state index contributed by atoms with van der Waals surface area (Å²) in [7, 11) is 3.93. The summed E-state index contributed by atoms with van der Waals surface area (Å²) in [4.78, 5) is 55.3. The summed E-state index contributed by atoms with van der Waals surface area (Å²) in [6.07, 6.45) is 1.42. The van der Waals surface area contributed by atoms with Gasteiger partial charge in [0.1, 0.15) is 0 Å². The highest BCUT2D eigenvalue weighted by molar-refractivity contribution is 5.77. The number of ether oxygens (including phenoxy) is 1. The van der Waals surface area contributed by atoms with Gasteiger partial charge in [0, 0.05) is 26.3 Å². The van der Waals surface area contributed by atoms with E-state index >= 15 is 0 Å². The zero-order chi connectivity index (χ0) is 26.1. The van der Waals surface area contributed by atoms with Crippen molar-refractivity contribution in [1.82, 2.24) is 24.0 Å². The molecule has 2 aromatic heterocycles. The van der Waals surface area contributed by atoms with Crippen molar-refractivity contribution in [3.8, 4) is 0 Å². The van der Waals surface area contributed by atoms with Crippen LogP contribution in [0.15, 0.2) is 67.7 Å². The minimum atomic E-state index is -0.366. The lowest BCUT2D eigenvalue weighted by Gasteiger charge is -2.10. The summed E-state index contributed by atoms with van der Waals surface area (Å²) in [6.45, 7) is 4.77. The minimum Gasteiger partial charge on any atom is -0.382 e. The van der Waals surface area contributed by atoms with E-state index < -0.39 is 0 Å². The number of aromatic amines is 2. The molecular formula is C26H33N5O5. The second-order valence-corrected chi connectivity index (χ2v) is 8.57. The van der Waals surface area contributed by atoms with E-state index in [2.05, 4.69) is 9.97 Å². The molecule has 0 amide bonds. The average Bonchev–Trinajstić information content (AvgIpc) is 2.86. The fraction of sp³-hybridized carbons (Fsp3) is 0.385. The largest absolute Gasteiger partial charge is 0.382 e. The molecule has 192 valence electrons. The van der Waals surface area contributed by atoms with Crippen LogP contribution in [0, 0.1) is 0 Å². The SMILES string of the molecule is CCOCCCn1c(=O)[nH]c2ccccc2c1=O.CN(C)CCCn1c(=O)[nH]c2ccccc2c1=O. The number of rotatable bonds is 9. The predicted octanol–water partition coefficient (Wildman–Crippen LogP) is 1.76. The quantitative estimate of drug-likeness (QED) is 0.341. The first kappa shape index (κ1) is 26.8. The van der Waals surface area contributed by atoms with E-state index in [4.69, 9.17) is 4.74 Å². The van der Waals surface area contributed by atoms with Gasteiger partial charge in [-0.15, -0.1) is 0 Å². The standard InChI is InChI=1S/C13H17N3O2.C13H16N2O3/c1-15(2)8-5-9-16-12(17)10-6-3-4-7-11(10)14-13(16)18;1-2-18-9-5-8-15-12(16)10-6-3-4-7-11(10)14-13(15)17/h3-4,6-7H,5,8-9H2,1-2H3,(H,14,18);3-4,6-7H,2,5,8-9H2,1H3,(H,14,17). The molecular weight excluding hydrogens is 462 g/mol. The zero-order valence-electron chi connectivity index (χ0n) is 21.0. The number of aromatic nitrogens is 4. The molecule has 0 saturated carbocycles. The maximum absolute atomic E-state index is 12.2. The first-order valence-electron chi connectivity index (χ1n) is 12.0. The molecule has 0 aliphatic rings. The van der Waals surface area contributed by atoms with Gasteiger partial charge >= 0.3 is 11.4 Å². The second-order valence-electron chi connectivity index (χ2n) is 8.57. The van der Waals surface area contributed by atoms with Crippen molar-refractivity contribution < 1.29 is 4.74 Å². The highest BCUT2D eigenvalue weighted by Gasteiger charge is 2.07. The molecule has 0 unspecified atom stereocenters. The Hall–Kier alpha value is -3.76. The molecule has 0 radical (unpaired) electrons. The molecule has 10 heteroatoms. The minimum absolute atomic E-state index is 0.215. The number of hydrogen-bond acceptors (Lipinski definition) is 6. The van der Waals surface area contributed by atoms with Gasteiger partial charge in [0.15, 0.2) is 0 Å². The monoisotopic (exact) mass is 495 g/mol. The topological polar surface area (TPSA) is 122 Å². The summed E-state index contributed by atoms with van der Waals surface area (Å²) in [5.41, 5.74) is 0.0107. The van der Waals surface area contributed by atoms with Crippen LogP contribution in [-0.2, 0) is 17.8 Å². The molecule has 4 aromatic rings. The van der Waals surface area contributed by atoms with Crippen LogP contribution in [0.1, 0.15) is 19.8 Å². The van der Waals surface area contributed by atoms with E-state index in [9.17, 15) is 19.2 Å². The van der Waals surface area contributed by atoms with Crippen molar-refractivity contribution in [3.63, 3.8) is 0 Å². The number of para-hydroxylation sites is 2. The highest BCUT2D eigenvalue weighted by Crippen LogP contribution is 2.04. The number of nitrogens with one attached hydrogen (secondary N) is 2. The van der Waals surface area contributed by atoms with Crippen LogP contribution in [0.2, 0.25) is 0 Å². The lowest BCUT2D eigenvalue weighted by atomic mass is 10.2. The van der Waals surface area contributed by atoms with Crippen LogP contribution in [0.3, 0.4) is 0 Å². The molecule has 2 heterocycles. The van der Waals surface area contributed by atoms with Crippen molar-refractivity contribution in [2.45, 2.75) is 32.9 Å². The Morgan fingerprint density at radius 2 is 1.22 bits per heavy atom. The van der Waals surface area contributed by atoms with E-state index in [0.29, 0.717) is 54.5 Å². The van der Waals surface area contributed by atoms with E-state index in [0.717, 1.165) is 13.0 Å². The van der Waals surface area contributed by atoms with Gasteiger partial charge < -0.3 is 19.6 Å². The molecule has 0 aliphatic heterocycles. The third-order valence-electron chi connectivity index (χ3n) is 5.64.